The Labute approximate surface area is 137 Å². The Morgan fingerprint density at radius 1 is 1.08 bits per heavy atom. The maximum Gasteiger partial charge on any atom is 0.573 e. The van der Waals surface area contributed by atoms with Crippen molar-refractivity contribution in [2.75, 3.05) is 5.32 Å². The van der Waals surface area contributed by atoms with E-state index in [1.807, 2.05) is 19.9 Å². The Morgan fingerprint density at radius 2 is 1.83 bits per heavy atom. The standard InChI is InChI=1S/C18H16F3NO2/c1-12-6-7-14(10-13(12)2)17(23)8-9-22-15-4-3-5-16(11-15)24-18(19,20)21/h3-11,22H,1-2H3/b9-8+. The number of ketones is 1. The van der Waals surface area contributed by atoms with Gasteiger partial charge in [-0.25, -0.2) is 0 Å². The van der Waals surface area contributed by atoms with E-state index in [2.05, 4.69) is 10.1 Å². The molecular weight excluding hydrogens is 319 g/mol. The molecule has 2 aromatic rings. The van der Waals surface area contributed by atoms with E-state index in [9.17, 15) is 18.0 Å². The summed E-state index contributed by atoms with van der Waals surface area (Å²) in [6, 6.07) is 10.8. The first-order chi connectivity index (χ1) is 11.2. The second-order valence-corrected chi connectivity index (χ2v) is 5.22. The number of ether oxygens (including phenoxy) is 1. The summed E-state index contributed by atoms with van der Waals surface area (Å²) in [4.78, 5) is 12.1. The summed E-state index contributed by atoms with van der Waals surface area (Å²) in [7, 11) is 0. The predicted molar refractivity (Wildman–Crippen MR) is 86.1 cm³/mol. The third-order valence-electron chi connectivity index (χ3n) is 3.34. The summed E-state index contributed by atoms with van der Waals surface area (Å²) in [5.41, 5.74) is 3.03. The van der Waals surface area contributed by atoms with Gasteiger partial charge in [0.25, 0.3) is 0 Å². The molecule has 2 aromatic carbocycles. The largest absolute Gasteiger partial charge is 0.573 e. The summed E-state index contributed by atoms with van der Waals surface area (Å²) < 4.78 is 40.4. The molecule has 0 saturated carbocycles. The molecule has 0 aliphatic heterocycles. The Bertz CT molecular complexity index is 767. The van der Waals surface area contributed by atoms with Gasteiger partial charge in [0, 0.05) is 29.6 Å². The number of hydrogen-bond donors (Lipinski definition) is 1. The minimum Gasteiger partial charge on any atom is -0.406 e. The topological polar surface area (TPSA) is 38.3 Å². The van der Waals surface area contributed by atoms with E-state index >= 15 is 0 Å². The number of aryl methyl sites for hydroxylation is 2. The maximum atomic E-state index is 12.2. The van der Waals surface area contributed by atoms with Gasteiger partial charge in [-0.1, -0.05) is 18.2 Å². The second-order valence-electron chi connectivity index (χ2n) is 5.22. The molecule has 126 valence electrons. The van der Waals surface area contributed by atoms with Crippen LogP contribution < -0.4 is 10.1 Å². The molecule has 6 heteroatoms. The van der Waals surface area contributed by atoms with Gasteiger partial charge in [-0.05, 0) is 43.2 Å². The Hall–Kier alpha value is -2.76. The number of anilines is 1. The highest BCUT2D eigenvalue weighted by Gasteiger charge is 2.31. The van der Waals surface area contributed by atoms with Crippen LogP contribution in [0, 0.1) is 13.8 Å². The van der Waals surface area contributed by atoms with Gasteiger partial charge in [0.15, 0.2) is 5.78 Å². The van der Waals surface area contributed by atoms with E-state index in [-0.39, 0.29) is 11.5 Å². The molecule has 3 nitrogen and oxygen atoms in total. The summed E-state index contributed by atoms with van der Waals surface area (Å²) in [6.45, 7) is 3.87. The number of hydrogen-bond acceptors (Lipinski definition) is 3. The zero-order valence-electron chi connectivity index (χ0n) is 13.1. The molecule has 0 aromatic heterocycles. The Balaban J connectivity index is 2.02. The van der Waals surface area contributed by atoms with Crippen LogP contribution in [-0.2, 0) is 0 Å². The zero-order valence-corrected chi connectivity index (χ0v) is 13.1. The van der Waals surface area contributed by atoms with Crippen molar-refractivity contribution in [3.05, 3.63) is 71.4 Å². The zero-order chi connectivity index (χ0) is 17.7. The third-order valence-corrected chi connectivity index (χ3v) is 3.34. The van der Waals surface area contributed by atoms with Crippen LogP contribution in [0.25, 0.3) is 0 Å². The lowest BCUT2D eigenvalue weighted by atomic mass is 10.0. The molecule has 1 N–H and O–H groups in total. The van der Waals surface area contributed by atoms with Gasteiger partial charge in [-0.3, -0.25) is 4.79 Å². The van der Waals surface area contributed by atoms with Gasteiger partial charge >= 0.3 is 6.36 Å². The molecular formula is C18H16F3NO2. The molecule has 0 amide bonds. The van der Waals surface area contributed by atoms with Crippen LogP contribution in [0.15, 0.2) is 54.7 Å². The average molecular weight is 335 g/mol. The molecule has 0 saturated heterocycles. The lowest BCUT2D eigenvalue weighted by Gasteiger charge is -2.09. The van der Waals surface area contributed by atoms with E-state index in [4.69, 9.17) is 0 Å². The van der Waals surface area contributed by atoms with Crippen molar-refractivity contribution in [3.63, 3.8) is 0 Å². The molecule has 0 atom stereocenters. The third kappa shape index (κ3) is 5.15. The monoisotopic (exact) mass is 335 g/mol. The van der Waals surface area contributed by atoms with E-state index in [0.29, 0.717) is 11.3 Å². The summed E-state index contributed by atoms with van der Waals surface area (Å²) in [5, 5.41) is 2.75. The van der Waals surface area contributed by atoms with E-state index in [0.717, 1.165) is 11.1 Å². The van der Waals surface area contributed by atoms with Crippen molar-refractivity contribution in [1.82, 2.24) is 0 Å². The minimum atomic E-state index is -4.74. The number of alkyl halides is 3. The van der Waals surface area contributed by atoms with Gasteiger partial charge in [0.1, 0.15) is 5.75 Å². The van der Waals surface area contributed by atoms with Crippen LogP contribution in [-0.4, -0.2) is 12.1 Å². The SMILES string of the molecule is Cc1ccc(C(=O)/C=C/Nc2cccc(OC(F)(F)F)c2)cc1C. The summed E-state index contributed by atoms with van der Waals surface area (Å²) in [5.74, 6) is -0.533. The van der Waals surface area contributed by atoms with Crippen LogP contribution >= 0.6 is 0 Å². The normalized spacial score (nSPS) is 11.5. The first kappa shape index (κ1) is 17.6. The number of allylic oxidation sites excluding steroid dienone is 1. The fourth-order valence-electron chi connectivity index (χ4n) is 1.99. The lowest BCUT2D eigenvalue weighted by Crippen LogP contribution is -2.17. The number of nitrogens with one attached hydrogen (secondary N) is 1. The molecule has 0 unspecified atom stereocenters. The van der Waals surface area contributed by atoms with Crippen molar-refractivity contribution in [3.8, 4) is 5.75 Å². The fraction of sp³-hybridized carbons (Fsp3) is 0.167. The summed E-state index contributed by atoms with van der Waals surface area (Å²) >= 11 is 0. The van der Waals surface area contributed by atoms with E-state index < -0.39 is 6.36 Å². The van der Waals surface area contributed by atoms with Gasteiger partial charge in [0.05, 0.1) is 0 Å². The quantitative estimate of drug-likeness (QED) is 0.616. The Kier molecular flexibility index (Phi) is 5.28. The minimum absolute atomic E-state index is 0.201. The first-order valence-corrected chi connectivity index (χ1v) is 7.15. The van der Waals surface area contributed by atoms with Crippen LogP contribution in [0.4, 0.5) is 18.9 Å². The van der Waals surface area contributed by atoms with Gasteiger partial charge in [0.2, 0.25) is 0 Å². The molecule has 0 heterocycles. The number of rotatable bonds is 5. The Morgan fingerprint density at radius 3 is 2.50 bits per heavy atom. The molecule has 24 heavy (non-hydrogen) atoms. The second kappa shape index (κ2) is 7.21. The summed E-state index contributed by atoms with van der Waals surface area (Å²) in [6.07, 6.45) is -2.04. The predicted octanol–water partition coefficient (Wildman–Crippen LogP) is 5.01. The molecule has 0 fully saturated rings. The van der Waals surface area contributed by atoms with Crippen molar-refractivity contribution in [2.45, 2.75) is 20.2 Å². The molecule has 2 rings (SSSR count). The van der Waals surface area contributed by atoms with Crippen LogP contribution in [0.3, 0.4) is 0 Å². The van der Waals surface area contributed by atoms with E-state index in [1.54, 1.807) is 18.2 Å². The molecule has 0 radical (unpaired) electrons. The van der Waals surface area contributed by atoms with Crippen molar-refractivity contribution in [1.29, 1.82) is 0 Å². The average Bonchev–Trinajstić information content (AvgIpc) is 2.48. The number of benzene rings is 2. The fourth-order valence-corrected chi connectivity index (χ4v) is 1.99. The highest BCUT2D eigenvalue weighted by atomic mass is 19.4. The van der Waals surface area contributed by atoms with Crippen molar-refractivity contribution >= 4 is 11.5 Å². The van der Waals surface area contributed by atoms with E-state index in [1.165, 1.54) is 30.5 Å². The molecule has 0 aliphatic rings. The highest BCUT2D eigenvalue weighted by molar-refractivity contribution is 6.04. The van der Waals surface area contributed by atoms with Crippen molar-refractivity contribution < 1.29 is 22.7 Å². The first-order valence-electron chi connectivity index (χ1n) is 7.15. The smallest absolute Gasteiger partial charge is 0.406 e. The highest BCUT2D eigenvalue weighted by Crippen LogP contribution is 2.25. The molecule has 0 aliphatic carbocycles. The van der Waals surface area contributed by atoms with Gasteiger partial charge in [-0.2, -0.15) is 0 Å². The van der Waals surface area contributed by atoms with Crippen molar-refractivity contribution in [2.24, 2.45) is 0 Å². The van der Waals surface area contributed by atoms with Crippen LogP contribution in [0.2, 0.25) is 0 Å². The number of carbonyl (C=O) groups is 1. The number of carbonyl (C=O) groups excluding carboxylic acids is 1. The maximum absolute atomic E-state index is 12.2. The van der Waals surface area contributed by atoms with Crippen LogP contribution in [0.1, 0.15) is 21.5 Å². The van der Waals surface area contributed by atoms with Crippen LogP contribution in [0.5, 0.6) is 5.75 Å². The van der Waals surface area contributed by atoms with Gasteiger partial charge in [-0.15, -0.1) is 13.2 Å². The molecule has 0 bridgehead atoms. The molecule has 0 spiro atoms. The lowest BCUT2D eigenvalue weighted by molar-refractivity contribution is -0.274. The van der Waals surface area contributed by atoms with Gasteiger partial charge < -0.3 is 10.1 Å². The number of halogens is 3.